The number of allylic oxidation sites excluding steroid dienone is 1. The molecule has 2 aliphatic rings. The average molecular weight is 544 g/mol. The number of hydrogen-bond donors (Lipinski definition) is 2. The summed E-state index contributed by atoms with van der Waals surface area (Å²) in [7, 11) is 1.71. The summed E-state index contributed by atoms with van der Waals surface area (Å²) in [4.78, 5) is 26.3. The zero-order valence-corrected chi connectivity index (χ0v) is 24.1. The Morgan fingerprint density at radius 1 is 1.10 bits per heavy atom. The van der Waals surface area contributed by atoms with Gasteiger partial charge in [0.25, 0.3) is 0 Å². The van der Waals surface area contributed by atoms with Crippen molar-refractivity contribution in [2.24, 2.45) is 10.9 Å². The average Bonchev–Trinajstić information content (AvgIpc) is 3.42. The smallest absolute Gasteiger partial charge is 0.323 e. The molecule has 2 aromatic carbocycles. The van der Waals surface area contributed by atoms with Gasteiger partial charge in [-0.25, -0.2) is 14.8 Å². The predicted octanol–water partition coefficient (Wildman–Crippen LogP) is 6.02. The summed E-state index contributed by atoms with van der Waals surface area (Å²) >= 11 is 0. The lowest BCUT2D eigenvalue weighted by atomic mass is 9.95. The second-order valence-electron chi connectivity index (χ2n) is 10.2. The number of urea groups is 1. The van der Waals surface area contributed by atoms with E-state index in [0.717, 1.165) is 84.8 Å². The number of fused-ring (bicyclic) bond motifs is 1. The number of aliphatic imine (C=N–C) groups is 1. The number of benzene rings is 2. The van der Waals surface area contributed by atoms with Crippen molar-refractivity contribution in [3.05, 3.63) is 76.9 Å². The molecule has 3 heterocycles. The number of methoxy groups -OCH3 is 1. The molecule has 0 spiro atoms. The van der Waals surface area contributed by atoms with Crippen molar-refractivity contribution in [3.8, 4) is 0 Å². The van der Waals surface area contributed by atoms with Gasteiger partial charge in [-0.2, -0.15) is 0 Å². The molecule has 2 N–H and O–H groups in total. The van der Waals surface area contributed by atoms with Crippen molar-refractivity contribution < 1.29 is 14.3 Å². The fourth-order valence-corrected chi connectivity index (χ4v) is 5.05. The van der Waals surface area contributed by atoms with E-state index in [-0.39, 0.29) is 6.03 Å². The molecule has 8 nitrogen and oxygen atoms in total. The van der Waals surface area contributed by atoms with Crippen LogP contribution in [0.25, 0.3) is 10.9 Å². The van der Waals surface area contributed by atoms with Crippen molar-refractivity contribution in [1.29, 1.82) is 0 Å². The Bertz CT molecular complexity index is 1360. The fraction of sp³-hybridized carbons (Fsp3) is 0.438. The molecule has 2 amide bonds. The minimum Gasteiger partial charge on any atom is -0.385 e. The standard InChI is InChI=1S/C28H31N5O2.C4H10O/c1-3-20-14-24-26(11-18(20)2)30-17-31-27(24)13-19-5-4-6-22(12-19)32-28(34)33-23-15-25(29-16-23)21-7-9-35-10-8-21;1-3-4-5-2/h4-6,11-12,14-15,17,21H,3,7-10,13,16H2,1-2H3,(H2,32,33,34);3-4H2,1-2H3. The number of carbonyl (C=O) groups is 1. The highest BCUT2D eigenvalue weighted by atomic mass is 16.5. The second-order valence-corrected chi connectivity index (χ2v) is 10.2. The summed E-state index contributed by atoms with van der Waals surface area (Å²) in [5.74, 6) is 0.429. The van der Waals surface area contributed by atoms with E-state index >= 15 is 0 Å². The van der Waals surface area contributed by atoms with E-state index in [1.54, 1.807) is 13.4 Å². The summed E-state index contributed by atoms with van der Waals surface area (Å²) in [6.45, 7) is 9.34. The van der Waals surface area contributed by atoms with E-state index in [2.05, 4.69) is 64.6 Å². The van der Waals surface area contributed by atoms with E-state index in [1.165, 1.54) is 11.1 Å². The van der Waals surface area contributed by atoms with Crippen molar-refractivity contribution in [2.75, 3.05) is 38.8 Å². The van der Waals surface area contributed by atoms with E-state index in [0.29, 0.717) is 18.9 Å². The number of aromatic nitrogens is 2. The maximum Gasteiger partial charge on any atom is 0.323 e. The summed E-state index contributed by atoms with van der Waals surface area (Å²) in [5.41, 5.74) is 8.24. The Hall–Kier alpha value is -3.62. The van der Waals surface area contributed by atoms with E-state index in [9.17, 15) is 4.79 Å². The van der Waals surface area contributed by atoms with Crippen LogP contribution in [-0.4, -0.2) is 55.2 Å². The third kappa shape index (κ3) is 7.96. The molecular formula is C32H41N5O3. The summed E-state index contributed by atoms with van der Waals surface area (Å²) in [6, 6.07) is 12.0. The summed E-state index contributed by atoms with van der Waals surface area (Å²) in [5, 5.41) is 6.99. The Labute approximate surface area is 237 Å². The highest BCUT2D eigenvalue weighted by Gasteiger charge is 2.22. The van der Waals surface area contributed by atoms with Crippen molar-refractivity contribution in [2.45, 2.75) is 52.9 Å². The van der Waals surface area contributed by atoms with Gasteiger partial charge in [0.2, 0.25) is 0 Å². The molecule has 1 fully saturated rings. The van der Waals surface area contributed by atoms with Gasteiger partial charge >= 0.3 is 6.03 Å². The molecule has 0 atom stereocenters. The summed E-state index contributed by atoms with van der Waals surface area (Å²) < 4.78 is 10.1. The van der Waals surface area contributed by atoms with Crippen molar-refractivity contribution in [3.63, 3.8) is 0 Å². The van der Waals surface area contributed by atoms with Gasteiger partial charge in [0.05, 0.1) is 17.8 Å². The predicted molar refractivity (Wildman–Crippen MR) is 161 cm³/mol. The van der Waals surface area contributed by atoms with E-state index in [1.807, 2.05) is 24.3 Å². The number of rotatable bonds is 8. The Morgan fingerprint density at radius 2 is 1.93 bits per heavy atom. The van der Waals surface area contributed by atoms with E-state index < -0.39 is 0 Å². The fourth-order valence-electron chi connectivity index (χ4n) is 5.05. The highest BCUT2D eigenvalue weighted by Crippen LogP contribution is 2.24. The monoisotopic (exact) mass is 543 g/mol. The van der Waals surface area contributed by atoms with Crippen LogP contribution in [0, 0.1) is 12.8 Å². The van der Waals surface area contributed by atoms with Crippen LogP contribution < -0.4 is 10.6 Å². The molecule has 0 aliphatic carbocycles. The van der Waals surface area contributed by atoms with Crippen LogP contribution in [0.5, 0.6) is 0 Å². The third-order valence-corrected chi connectivity index (χ3v) is 7.19. The van der Waals surface area contributed by atoms with Crippen molar-refractivity contribution >= 4 is 28.3 Å². The number of hydrogen-bond acceptors (Lipinski definition) is 6. The zero-order valence-electron chi connectivity index (χ0n) is 24.1. The largest absolute Gasteiger partial charge is 0.385 e. The molecule has 1 aromatic heterocycles. The number of anilines is 1. The van der Waals surface area contributed by atoms with Gasteiger partial charge in [-0.15, -0.1) is 0 Å². The number of aryl methyl sites for hydroxylation is 2. The SMILES string of the molecule is CCCOC.CCc1cc2c(Cc3cccc(NC(=O)NC4=CC(C5CCOCC5)=NC4)c3)ncnc2cc1C. The van der Waals surface area contributed by atoms with Crippen LogP contribution in [0.3, 0.4) is 0 Å². The molecule has 8 heteroatoms. The molecule has 0 saturated carbocycles. The number of ether oxygens (including phenoxy) is 2. The van der Waals surface area contributed by atoms with Crippen LogP contribution in [0.15, 0.2) is 59.5 Å². The number of nitrogens with zero attached hydrogens (tertiary/aromatic N) is 3. The van der Waals surface area contributed by atoms with Crippen LogP contribution in [0.2, 0.25) is 0 Å². The van der Waals surface area contributed by atoms with E-state index in [4.69, 9.17) is 9.47 Å². The van der Waals surface area contributed by atoms with Gasteiger partial charge < -0.3 is 20.1 Å². The first-order valence-corrected chi connectivity index (χ1v) is 14.2. The second kappa shape index (κ2) is 14.7. The molecule has 5 rings (SSSR count). The molecule has 0 unspecified atom stereocenters. The topological polar surface area (TPSA) is 97.7 Å². The summed E-state index contributed by atoms with van der Waals surface area (Å²) in [6.07, 6.45) is 8.38. The molecule has 3 aromatic rings. The molecule has 0 bridgehead atoms. The minimum absolute atomic E-state index is 0.257. The minimum atomic E-state index is -0.257. The van der Waals surface area contributed by atoms with Gasteiger partial charge in [-0.1, -0.05) is 26.0 Å². The normalized spacial score (nSPS) is 15.2. The van der Waals surface area contributed by atoms with Crippen LogP contribution in [0.1, 0.15) is 55.5 Å². The number of amides is 2. The first kappa shape index (κ1) is 29.4. The Balaban J connectivity index is 0.000000681. The molecule has 2 aliphatic heterocycles. The first-order chi connectivity index (χ1) is 19.5. The Morgan fingerprint density at radius 3 is 2.65 bits per heavy atom. The molecule has 0 radical (unpaired) electrons. The molecular weight excluding hydrogens is 502 g/mol. The molecule has 212 valence electrons. The molecule has 1 saturated heterocycles. The van der Waals surface area contributed by atoms with Gasteiger partial charge in [-0.3, -0.25) is 4.99 Å². The Kier molecular flexibility index (Phi) is 10.8. The van der Waals surface area contributed by atoms with Gasteiger partial charge in [0, 0.05) is 61.8 Å². The lowest BCUT2D eigenvalue weighted by molar-refractivity contribution is 0.0830. The number of nitrogens with one attached hydrogen (secondary N) is 2. The lowest BCUT2D eigenvalue weighted by Gasteiger charge is -2.21. The lowest BCUT2D eigenvalue weighted by Crippen LogP contribution is -2.28. The van der Waals surface area contributed by atoms with Crippen LogP contribution >= 0.6 is 0 Å². The van der Waals surface area contributed by atoms with Crippen molar-refractivity contribution in [1.82, 2.24) is 15.3 Å². The van der Waals surface area contributed by atoms with Gasteiger partial charge in [-0.05, 0) is 79.6 Å². The number of carbonyl (C=O) groups excluding carboxylic acids is 1. The zero-order chi connectivity index (χ0) is 28.3. The van der Waals surface area contributed by atoms with Crippen LogP contribution in [-0.2, 0) is 22.3 Å². The highest BCUT2D eigenvalue weighted by molar-refractivity contribution is 6.00. The maximum absolute atomic E-state index is 12.6. The van der Waals surface area contributed by atoms with Crippen LogP contribution in [0.4, 0.5) is 10.5 Å². The quantitative estimate of drug-likeness (QED) is 0.362. The first-order valence-electron chi connectivity index (χ1n) is 14.2. The van der Waals surface area contributed by atoms with Gasteiger partial charge in [0.1, 0.15) is 6.33 Å². The third-order valence-electron chi connectivity index (χ3n) is 7.19. The maximum atomic E-state index is 12.6. The van der Waals surface area contributed by atoms with Gasteiger partial charge in [0.15, 0.2) is 0 Å². The molecule has 40 heavy (non-hydrogen) atoms.